The van der Waals surface area contributed by atoms with E-state index in [1.165, 1.54) is 11.3 Å². The van der Waals surface area contributed by atoms with Gasteiger partial charge in [-0.3, -0.25) is 0 Å². The minimum Gasteiger partial charge on any atom is -0.490 e. The number of thiophene rings is 1. The molecule has 0 aliphatic heterocycles. The van der Waals surface area contributed by atoms with Crippen molar-refractivity contribution in [3.8, 4) is 11.5 Å². The van der Waals surface area contributed by atoms with E-state index in [0.717, 1.165) is 21.8 Å². The summed E-state index contributed by atoms with van der Waals surface area (Å²) >= 11 is 1.41. The largest absolute Gasteiger partial charge is 0.490 e. The van der Waals surface area contributed by atoms with Crippen LogP contribution in [0.3, 0.4) is 0 Å². The highest BCUT2D eigenvalue weighted by Crippen LogP contribution is 2.24. The number of ether oxygens (including phenoxy) is 2. The Hall–Kier alpha value is -3.05. The molecular formula is C22H20O4S. The fourth-order valence-electron chi connectivity index (χ4n) is 2.53. The molecule has 5 heteroatoms. The lowest BCUT2D eigenvalue weighted by molar-refractivity contribution is -0.130. The number of para-hydroxylation sites is 1. The quantitative estimate of drug-likeness (QED) is 0.434. The first-order chi connectivity index (χ1) is 13.1. The highest BCUT2D eigenvalue weighted by molar-refractivity contribution is 7.11. The average Bonchev–Trinajstić information content (AvgIpc) is 3.20. The third kappa shape index (κ3) is 5.21. The minimum atomic E-state index is -0.939. The van der Waals surface area contributed by atoms with Crippen molar-refractivity contribution in [2.75, 3.05) is 13.2 Å². The summed E-state index contributed by atoms with van der Waals surface area (Å²) in [5.74, 6) is 0.635. The number of carbonyl (C=O) groups is 1. The van der Waals surface area contributed by atoms with Gasteiger partial charge in [-0.15, -0.1) is 11.3 Å². The highest BCUT2D eigenvalue weighted by Gasteiger charge is 2.11. The zero-order valence-electron chi connectivity index (χ0n) is 14.9. The number of carboxylic acid groups (broad SMARTS) is 1. The van der Waals surface area contributed by atoms with E-state index in [4.69, 9.17) is 9.47 Å². The van der Waals surface area contributed by atoms with E-state index in [1.807, 2.05) is 66.9 Å². The van der Waals surface area contributed by atoms with Crippen molar-refractivity contribution in [2.24, 2.45) is 0 Å². The molecule has 0 fully saturated rings. The summed E-state index contributed by atoms with van der Waals surface area (Å²) in [6, 6.07) is 18.8. The Bertz CT molecular complexity index is 912. The molecule has 4 nitrogen and oxygen atoms in total. The molecule has 1 aromatic heterocycles. The van der Waals surface area contributed by atoms with E-state index < -0.39 is 5.97 Å². The number of hydrogen-bond acceptors (Lipinski definition) is 4. The van der Waals surface area contributed by atoms with Crippen molar-refractivity contribution < 1.29 is 19.4 Å². The predicted octanol–water partition coefficient (Wildman–Crippen LogP) is 5.14. The number of benzene rings is 2. The number of rotatable bonds is 8. The van der Waals surface area contributed by atoms with Gasteiger partial charge in [-0.2, -0.15) is 0 Å². The Balaban J connectivity index is 1.56. The zero-order valence-corrected chi connectivity index (χ0v) is 15.7. The standard InChI is InChI=1S/C22H20O4S/c1-16-5-2-3-6-20(16)26-13-12-25-18-10-8-17(9-11-18)15-19(22(23)24)21-7-4-14-27-21/h2-11,14-15H,12-13H2,1H3,(H,23,24)/b19-15-. The Labute approximate surface area is 162 Å². The average molecular weight is 380 g/mol. The maximum atomic E-state index is 11.5. The molecule has 0 saturated carbocycles. The zero-order chi connectivity index (χ0) is 19.1. The van der Waals surface area contributed by atoms with E-state index in [2.05, 4.69) is 0 Å². The molecule has 27 heavy (non-hydrogen) atoms. The summed E-state index contributed by atoms with van der Waals surface area (Å²) in [6.45, 7) is 2.89. The van der Waals surface area contributed by atoms with Gasteiger partial charge in [0.2, 0.25) is 0 Å². The van der Waals surface area contributed by atoms with Crippen molar-refractivity contribution in [3.05, 3.63) is 82.0 Å². The van der Waals surface area contributed by atoms with E-state index in [0.29, 0.717) is 19.0 Å². The second kappa shape index (κ2) is 9.05. The van der Waals surface area contributed by atoms with Crippen LogP contribution in [0.15, 0.2) is 66.0 Å². The molecule has 0 aliphatic rings. The smallest absolute Gasteiger partial charge is 0.337 e. The van der Waals surface area contributed by atoms with Crippen molar-refractivity contribution in [1.29, 1.82) is 0 Å². The van der Waals surface area contributed by atoms with Gasteiger partial charge in [0.05, 0.1) is 5.57 Å². The molecule has 1 heterocycles. The Morgan fingerprint density at radius 1 is 1.00 bits per heavy atom. The van der Waals surface area contributed by atoms with Gasteiger partial charge in [0.15, 0.2) is 0 Å². The van der Waals surface area contributed by atoms with Crippen LogP contribution in [0.2, 0.25) is 0 Å². The Morgan fingerprint density at radius 3 is 2.41 bits per heavy atom. The van der Waals surface area contributed by atoms with Gasteiger partial charge in [0.1, 0.15) is 24.7 Å². The highest BCUT2D eigenvalue weighted by atomic mass is 32.1. The van der Waals surface area contributed by atoms with E-state index >= 15 is 0 Å². The van der Waals surface area contributed by atoms with Crippen LogP contribution in [0.5, 0.6) is 11.5 Å². The summed E-state index contributed by atoms with van der Waals surface area (Å²) in [5.41, 5.74) is 2.18. The van der Waals surface area contributed by atoms with E-state index in [-0.39, 0.29) is 5.57 Å². The second-order valence-electron chi connectivity index (χ2n) is 5.87. The van der Waals surface area contributed by atoms with Crippen LogP contribution >= 0.6 is 11.3 Å². The molecule has 3 rings (SSSR count). The fourth-order valence-corrected chi connectivity index (χ4v) is 3.26. The predicted molar refractivity (Wildman–Crippen MR) is 108 cm³/mol. The van der Waals surface area contributed by atoms with Gasteiger partial charge < -0.3 is 14.6 Å². The molecule has 0 saturated heterocycles. The molecule has 0 spiro atoms. The molecule has 3 aromatic rings. The summed E-state index contributed by atoms with van der Waals surface area (Å²) in [5, 5.41) is 11.3. The Kier molecular flexibility index (Phi) is 6.28. The van der Waals surface area contributed by atoms with Crippen LogP contribution in [0.25, 0.3) is 11.6 Å². The minimum absolute atomic E-state index is 0.283. The van der Waals surface area contributed by atoms with Crippen LogP contribution in [0, 0.1) is 6.92 Å². The van der Waals surface area contributed by atoms with E-state index in [9.17, 15) is 9.90 Å². The van der Waals surface area contributed by atoms with Crippen LogP contribution in [-0.4, -0.2) is 24.3 Å². The van der Waals surface area contributed by atoms with Gasteiger partial charge in [0, 0.05) is 4.88 Å². The second-order valence-corrected chi connectivity index (χ2v) is 6.82. The molecule has 0 aliphatic carbocycles. The first-order valence-electron chi connectivity index (χ1n) is 8.53. The molecule has 138 valence electrons. The van der Waals surface area contributed by atoms with E-state index in [1.54, 1.807) is 12.1 Å². The molecule has 0 bridgehead atoms. The summed E-state index contributed by atoms with van der Waals surface area (Å²) in [7, 11) is 0. The fraction of sp³-hybridized carbons (Fsp3) is 0.136. The Morgan fingerprint density at radius 2 is 1.74 bits per heavy atom. The van der Waals surface area contributed by atoms with Crippen molar-refractivity contribution in [1.82, 2.24) is 0 Å². The lowest BCUT2D eigenvalue weighted by atomic mass is 10.1. The van der Waals surface area contributed by atoms with Gasteiger partial charge in [-0.05, 0) is 53.8 Å². The lowest BCUT2D eigenvalue weighted by Crippen LogP contribution is -2.09. The molecule has 0 unspecified atom stereocenters. The van der Waals surface area contributed by atoms with Crippen molar-refractivity contribution in [2.45, 2.75) is 6.92 Å². The van der Waals surface area contributed by atoms with Gasteiger partial charge in [-0.1, -0.05) is 36.4 Å². The number of aryl methyl sites for hydroxylation is 1. The van der Waals surface area contributed by atoms with Crippen molar-refractivity contribution >= 4 is 29.0 Å². The molecule has 1 N–H and O–H groups in total. The number of carboxylic acids is 1. The number of hydrogen-bond donors (Lipinski definition) is 1. The number of aliphatic carboxylic acids is 1. The third-order valence-corrected chi connectivity index (χ3v) is 4.81. The summed E-state index contributed by atoms with van der Waals surface area (Å²) in [4.78, 5) is 12.2. The van der Waals surface area contributed by atoms with Gasteiger partial charge in [-0.25, -0.2) is 4.79 Å². The molecule has 0 amide bonds. The maximum Gasteiger partial charge on any atom is 0.337 e. The van der Waals surface area contributed by atoms with Gasteiger partial charge in [0.25, 0.3) is 0 Å². The monoisotopic (exact) mass is 380 g/mol. The van der Waals surface area contributed by atoms with Crippen LogP contribution in [0.4, 0.5) is 0 Å². The maximum absolute atomic E-state index is 11.5. The third-order valence-electron chi connectivity index (χ3n) is 3.91. The normalized spacial score (nSPS) is 11.2. The van der Waals surface area contributed by atoms with Crippen LogP contribution < -0.4 is 9.47 Å². The van der Waals surface area contributed by atoms with Gasteiger partial charge >= 0.3 is 5.97 Å². The van der Waals surface area contributed by atoms with Crippen LogP contribution in [0.1, 0.15) is 16.0 Å². The van der Waals surface area contributed by atoms with Crippen LogP contribution in [-0.2, 0) is 4.79 Å². The molecule has 0 radical (unpaired) electrons. The molecular weight excluding hydrogens is 360 g/mol. The first-order valence-corrected chi connectivity index (χ1v) is 9.41. The molecule has 2 aromatic carbocycles. The topological polar surface area (TPSA) is 55.8 Å². The van der Waals surface area contributed by atoms with Crippen molar-refractivity contribution in [3.63, 3.8) is 0 Å². The SMILES string of the molecule is Cc1ccccc1OCCOc1ccc(/C=C(\C(=O)O)c2cccs2)cc1. The lowest BCUT2D eigenvalue weighted by Gasteiger charge is -2.10. The summed E-state index contributed by atoms with van der Waals surface area (Å²) < 4.78 is 11.4. The summed E-state index contributed by atoms with van der Waals surface area (Å²) in [6.07, 6.45) is 1.67. The first kappa shape index (κ1) is 18.7. The molecule has 0 atom stereocenters.